The first-order valence-electron chi connectivity index (χ1n) is 6.98. The number of carbonyl (C=O) groups is 1. The summed E-state index contributed by atoms with van der Waals surface area (Å²) in [7, 11) is 0. The molecule has 0 aliphatic heterocycles. The van der Waals surface area contributed by atoms with E-state index in [1.807, 2.05) is 13.8 Å². The van der Waals surface area contributed by atoms with Gasteiger partial charge < -0.3 is 5.32 Å². The van der Waals surface area contributed by atoms with E-state index >= 15 is 0 Å². The number of alkyl halides is 3. The first-order valence-corrected chi connectivity index (χ1v) is 6.98. The lowest BCUT2D eigenvalue weighted by Gasteiger charge is -2.19. The van der Waals surface area contributed by atoms with Crippen LogP contribution >= 0.6 is 0 Å². The smallest absolute Gasteiger partial charge is 0.351 e. The zero-order chi connectivity index (χ0) is 16.2. The highest BCUT2D eigenvalue weighted by Gasteiger charge is 2.38. The minimum atomic E-state index is -4.29. The monoisotopic (exact) mass is 302 g/mol. The number of nitrogens with zero attached hydrogens (tertiary/aromatic N) is 1. The van der Waals surface area contributed by atoms with Gasteiger partial charge in [-0.2, -0.15) is 13.2 Å². The maximum absolute atomic E-state index is 12.6. The second kappa shape index (κ2) is 6.91. The van der Waals surface area contributed by atoms with E-state index in [2.05, 4.69) is 10.3 Å². The van der Waals surface area contributed by atoms with Crippen molar-refractivity contribution in [3.05, 3.63) is 29.1 Å². The lowest BCUT2D eigenvalue weighted by molar-refractivity contribution is -0.173. The Hall–Kier alpha value is -1.59. The Morgan fingerprint density at radius 1 is 1.38 bits per heavy atom. The van der Waals surface area contributed by atoms with Crippen LogP contribution in [0.3, 0.4) is 0 Å². The van der Waals surface area contributed by atoms with Gasteiger partial charge >= 0.3 is 6.18 Å². The average Bonchev–Trinajstić information content (AvgIpc) is 2.37. The summed E-state index contributed by atoms with van der Waals surface area (Å²) < 4.78 is 37.9. The number of hydrogen-bond donors (Lipinski definition) is 1. The maximum atomic E-state index is 12.6. The van der Waals surface area contributed by atoms with E-state index in [0.29, 0.717) is 11.1 Å². The van der Waals surface area contributed by atoms with Gasteiger partial charge in [0.15, 0.2) is 0 Å². The van der Waals surface area contributed by atoms with E-state index in [-0.39, 0.29) is 12.3 Å². The molecule has 0 saturated carbocycles. The van der Waals surface area contributed by atoms with Crippen LogP contribution in [0.1, 0.15) is 54.7 Å². The van der Waals surface area contributed by atoms with E-state index in [0.717, 1.165) is 5.69 Å². The van der Waals surface area contributed by atoms with Gasteiger partial charge in [-0.15, -0.1) is 0 Å². The van der Waals surface area contributed by atoms with Crippen molar-refractivity contribution in [2.24, 2.45) is 5.92 Å². The highest BCUT2D eigenvalue weighted by atomic mass is 19.4. The fourth-order valence-corrected chi connectivity index (χ4v) is 1.93. The predicted octanol–water partition coefficient (Wildman–Crippen LogP) is 3.83. The van der Waals surface area contributed by atoms with Crippen molar-refractivity contribution in [2.45, 2.75) is 46.2 Å². The number of hydrogen-bond acceptors (Lipinski definition) is 2. The van der Waals surface area contributed by atoms with Gasteiger partial charge in [-0.3, -0.25) is 9.78 Å². The first kappa shape index (κ1) is 17.5. The van der Waals surface area contributed by atoms with Crippen LogP contribution < -0.4 is 5.32 Å². The molecule has 0 aliphatic carbocycles. The molecule has 0 radical (unpaired) electrons. The normalized spacial score (nSPS) is 13.3. The molecule has 6 heteroatoms. The topological polar surface area (TPSA) is 42.0 Å². The summed E-state index contributed by atoms with van der Waals surface area (Å²) in [5, 5.41) is 2.35. The fourth-order valence-electron chi connectivity index (χ4n) is 1.93. The Morgan fingerprint density at radius 3 is 2.43 bits per heavy atom. The summed E-state index contributed by atoms with van der Waals surface area (Å²) in [6.07, 6.45) is -2.93. The number of aromatic nitrogens is 1. The molecule has 1 unspecified atom stereocenters. The Bertz CT molecular complexity index is 498. The second-order valence-corrected chi connectivity index (χ2v) is 5.44. The predicted molar refractivity (Wildman–Crippen MR) is 75.2 cm³/mol. The Balaban J connectivity index is 2.77. The molecule has 0 aliphatic rings. The van der Waals surface area contributed by atoms with Crippen LogP contribution in [0.25, 0.3) is 0 Å². The molecule has 0 aromatic carbocycles. The van der Waals surface area contributed by atoms with Gasteiger partial charge in [-0.05, 0) is 30.9 Å². The zero-order valence-electron chi connectivity index (χ0n) is 12.7. The largest absolute Gasteiger partial charge is 0.393 e. The van der Waals surface area contributed by atoms with Crippen LogP contribution in [-0.4, -0.2) is 23.6 Å². The SMILES string of the molecule is CCC(CNC(=O)c1cnc(C(C)C)cc1C)C(F)(F)F. The van der Waals surface area contributed by atoms with Crippen LogP contribution in [0.4, 0.5) is 13.2 Å². The lowest BCUT2D eigenvalue weighted by atomic mass is 10.0. The lowest BCUT2D eigenvalue weighted by Crippen LogP contribution is -2.36. The van der Waals surface area contributed by atoms with E-state index in [4.69, 9.17) is 0 Å². The van der Waals surface area contributed by atoms with Crippen LogP contribution in [0.2, 0.25) is 0 Å². The van der Waals surface area contributed by atoms with E-state index < -0.39 is 24.5 Å². The Labute approximate surface area is 123 Å². The molecule has 1 heterocycles. The minimum Gasteiger partial charge on any atom is -0.351 e. The molecule has 0 spiro atoms. The van der Waals surface area contributed by atoms with E-state index in [1.54, 1.807) is 13.0 Å². The summed E-state index contributed by atoms with van der Waals surface area (Å²) >= 11 is 0. The zero-order valence-corrected chi connectivity index (χ0v) is 12.7. The molecular weight excluding hydrogens is 281 g/mol. The molecule has 3 nitrogen and oxygen atoms in total. The fraction of sp³-hybridized carbons (Fsp3) is 0.600. The molecule has 0 fully saturated rings. The Kier molecular flexibility index (Phi) is 5.75. The molecule has 1 aromatic rings. The first-order chi connectivity index (χ1) is 9.66. The standard InChI is InChI=1S/C15H21F3N2O/c1-5-11(15(16,17)18)7-20-14(21)12-8-19-13(9(2)3)6-10(12)4/h6,8-9,11H,5,7H2,1-4H3,(H,20,21). The van der Waals surface area contributed by atoms with E-state index in [1.165, 1.54) is 13.1 Å². The Morgan fingerprint density at radius 2 is 2.00 bits per heavy atom. The third kappa shape index (κ3) is 4.72. The molecule has 1 rings (SSSR count). The van der Waals surface area contributed by atoms with Crippen molar-refractivity contribution in [3.8, 4) is 0 Å². The van der Waals surface area contributed by atoms with Crippen molar-refractivity contribution in [1.82, 2.24) is 10.3 Å². The summed E-state index contributed by atoms with van der Waals surface area (Å²) in [4.78, 5) is 16.1. The van der Waals surface area contributed by atoms with Crippen molar-refractivity contribution in [3.63, 3.8) is 0 Å². The van der Waals surface area contributed by atoms with Gasteiger partial charge in [0.1, 0.15) is 0 Å². The summed E-state index contributed by atoms with van der Waals surface area (Å²) in [6.45, 7) is 6.76. The van der Waals surface area contributed by atoms with Crippen molar-refractivity contribution >= 4 is 5.91 Å². The maximum Gasteiger partial charge on any atom is 0.393 e. The molecule has 1 atom stereocenters. The number of nitrogens with one attached hydrogen (secondary N) is 1. The molecule has 1 amide bonds. The van der Waals surface area contributed by atoms with Gasteiger partial charge in [0.2, 0.25) is 0 Å². The van der Waals surface area contributed by atoms with Crippen molar-refractivity contribution in [2.75, 3.05) is 6.54 Å². The molecule has 0 saturated heterocycles. The third-order valence-electron chi connectivity index (χ3n) is 3.43. The van der Waals surface area contributed by atoms with Gasteiger partial charge in [0, 0.05) is 18.4 Å². The third-order valence-corrected chi connectivity index (χ3v) is 3.43. The summed E-state index contributed by atoms with van der Waals surface area (Å²) in [5.74, 6) is -1.81. The number of pyridine rings is 1. The van der Waals surface area contributed by atoms with Gasteiger partial charge in [-0.25, -0.2) is 0 Å². The van der Waals surface area contributed by atoms with Crippen LogP contribution in [0.15, 0.2) is 12.3 Å². The molecule has 118 valence electrons. The average molecular weight is 302 g/mol. The molecule has 21 heavy (non-hydrogen) atoms. The summed E-state index contributed by atoms with van der Waals surface area (Å²) in [5.41, 5.74) is 1.88. The summed E-state index contributed by atoms with van der Waals surface area (Å²) in [6, 6.07) is 1.79. The highest BCUT2D eigenvalue weighted by Crippen LogP contribution is 2.28. The number of amides is 1. The number of rotatable bonds is 5. The quantitative estimate of drug-likeness (QED) is 0.898. The van der Waals surface area contributed by atoms with Crippen LogP contribution in [0, 0.1) is 12.8 Å². The highest BCUT2D eigenvalue weighted by molar-refractivity contribution is 5.95. The molecule has 0 bridgehead atoms. The van der Waals surface area contributed by atoms with Gasteiger partial charge in [0.25, 0.3) is 5.91 Å². The number of halogens is 3. The van der Waals surface area contributed by atoms with Gasteiger partial charge in [0.05, 0.1) is 11.5 Å². The van der Waals surface area contributed by atoms with Crippen molar-refractivity contribution < 1.29 is 18.0 Å². The number of aryl methyl sites for hydroxylation is 1. The van der Waals surface area contributed by atoms with Crippen molar-refractivity contribution in [1.29, 1.82) is 0 Å². The molecular formula is C15H21F3N2O. The van der Waals surface area contributed by atoms with Crippen LogP contribution in [-0.2, 0) is 0 Å². The van der Waals surface area contributed by atoms with Gasteiger partial charge in [-0.1, -0.05) is 20.8 Å². The molecule has 1 aromatic heterocycles. The molecule has 1 N–H and O–H groups in total. The second-order valence-electron chi connectivity index (χ2n) is 5.44. The number of carbonyl (C=O) groups excluding carboxylic acids is 1. The van der Waals surface area contributed by atoms with Crippen LogP contribution in [0.5, 0.6) is 0 Å². The minimum absolute atomic E-state index is 0.0622. The van der Waals surface area contributed by atoms with E-state index in [9.17, 15) is 18.0 Å².